The summed E-state index contributed by atoms with van der Waals surface area (Å²) >= 11 is 0. The summed E-state index contributed by atoms with van der Waals surface area (Å²) in [6.45, 7) is 3.95. The zero-order valence-corrected chi connectivity index (χ0v) is 11.2. The number of nitrogens with one attached hydrogen (secondary N) is 1. The maximum absolute atomic E-state index is 13.3. The number of esters is 1. The Hall–Kier alpha value is -2.09. The van der Waals surface area contributed by atoms with Crippen molar-refractivity contribution in [1.82, 2.24) is 0 Å². The molecule has 0 aliphatic carbocycles. The van der Waals surface area contributed by atoms with E-state index in [4.69, 9.17) is 10.00 Å². The number of anilines is 1. The van der Waals surface area contributed by atoms with Gasteiger partial charge in [0.05, 0.1) is 18.7 Å². The Morgan fingerprint density at radius 2 is 2.16 bits per heavy atom. The molecular formula is C14H17FN2O2. The number of nitrogens with zero attached hydrogens (tertiary/aromatic N) is 1. The molecular weight excluding hydrogens is 247 g/mol. The molecule has 19 heavy (non-hydrogen) atoms. The highest BCUT2D eigenvalue weighted by Gasteiger charge is 2.20. The lowest BCUT2D eigenvalue weighted by Crippen LogP contribution is -2.32. The van der Waals surface area contributed by atoms with Crippen molar-refractivity contribution < 1.29 is 13.9 Å². The van der Waals surface area contributed by atoms with E-state index in [1.807, 2.05) is 19.9 Å². The zero-order valence-electron chi connectivity index (χ0n) is 11.2. The first kappa shape index (κ1) is 15.0. The predicted molar refractivity (Wildman–Crippen MR) is 70.0 cm³/mol. The fraction of sp³-hybridized carbons (Fsp3) is 0.429. The molecule has 0 aliphatic rings. The Bertz CT molecular complexity index is 495. The summed E-state index contributed by atoms with van der Waals surface area (Å²) in [5.41, 5.74) is 0.600. The number of nitriles is 1. The number of halogens is 1. The lowest BCUT2D eigenvalue weighted by molar-refractivity contribution is -0.141. The third kappa shape index (κ3) is 4.59. The van der Waals surface area contributed by atoms with E-state index < -0.39 is 17.8 Å². The van der Waals surface area contributed by atoms with Crippen molar-refractivity contribution in [3.05, 3.63) is 29.6 Å². The van der Waals surface area contributed by atoms with Crippen LogP contribution >= 0.6 is 0 Å². The van der Waals surface area contributed by atoms with Crippen LogP contribution in [-0.4, -0.2) is 19.1 Å². The summed E-state index contributed by atoms with van der Waals surface area (Å²) in [6, 6.07) is 5.20. The Labute approximate surface area is 112 Å². The van der Waals surface area contributed by atoms with Gasteiger partial charge in [-0.3, -0.25) is 0 Å². The number of hydrogen-bond acceptors (Lipinski definition) is 4. The largest absolute Gasteiger partial charge is 0.467 e. The monoisotopic (exact) mass is 264 g/mol. The molecule has 1 N–H and O–H groups in total. The Morgan fingerprint density at radius 3 is 2.68 bits per heavy atom. The highest BCUT2D eigenvalue weighted by molar-refractivity contribution is 5.79. The number of ether oxygens (including phenoxy) is 1. The predicted octanol–water partition coefficient (Wildman–Crippen LogP) is 2.70. The van der Waals surface area contributed by atoms with E-state index in [1.165, 1.54) is 19.2 Å². The van der Waals surface area contributed by atoms with E-state index in [0.29, 0.717) is 12.1 Å². The third-order valence-corrected chi connectivity index (χ3v) is 2.56. The number of rotatable bonds is 5. The van der Waals surface area contributed by atoms with Gasteiger partial charge in [0, 0.05) is 5.69 Å². The molecule has 1 aromatic carbocycles. The molecule has 0 saturated carbocycles. The van der Waals surface area contributed by atoms with Crippen molar-refractivity contribution in [2.45, 2.75) is 26.3 Å². The van der Waals surface area contributed by atoms with Gasteiger partial charge in [-0.25, -0.2) is 9.18 Å². The normalized spacial score (nSPS) is 11.8. The van der Waals surface area contributed by atoms with Crippen LogP contribution in [0.25, 0.3) is 0 Å². The van der Waals surface area contributed by atoms with E-state index >= 15 is 0 Å². The van der Waals surface area contributed by atoms with Crippen LogP contribution in [0, 0.1) is 23.1 Å². The summed E-state index contributed by atoms with van der Waals surface area (Å²) < 4.78 is 18.0. The summed E-state index contributed by atoms with van der Waals surface area (Å²) in [5.74, 6) is -0.647. The van der Waals surface area contributed by atoms with E-state index in [0.717, 1.165) is 6.07 Å². The van der Waals surface area contributed by atoms with Gasteiger partial charge in [-0.2, -0.15) is 5.26 Å². The second-order valence-corrected chi connectivity index (χ2v) is 4.69. The van der Waals surface area contributed by atoms with Gasteiger partial charge >= 0.3 is 5.97 Å². The molecule has 102 valence electrons. The minimum atomic E-state index is -0.557. The van der Waals surface area contributed by atoms with E-state index in [9.17, 15) is 9.18 Å². The smallest absolute Gasteiger partial charge is 0.328 e. The van der Waals surface area contributed by atoms with E-state index in [-0.39, 0.29) is 11.5 Å². The van der Waals surface area contributed by atoms with Gasteiger partial charge in [-0.15, -0.1) is 0 Å². The van der Waals surface area contributed by atoms with Crippen molar-refractivity contribution in [3.8, 4) is 6.07 Å². The standard InChI is InChI=1S/C14H17FN2O2/c1-9(2)4-13(14(18)19-3)17-12-6-10(8-16)5-11(15)7-12/h5-7,9,13,17H,4H2,1-3H3. The third-order valence-electron chi connectivity index (χ3n) is 2.56. The molecule has 0 heterocycles. The molecule has 5 heteroatoms. The van der Waals surface area contributed by atoms with Crippen LogP contribution < -0.4 is 5.32 Å². The number of methoxy groups -OCH3 is 1. The molecule has 1 aromatic rings. The number of hydrogen-bond donors (Lipinski definition) is 1. The molecule has 1 rings (SSSR count). The molecule has 0 radical (unpaired) electrons. The number of benzene rings is 1. The second kappa shape index (κ2) is 6.74. The SMILES string of the molecule is COC(=O)C(CC(C)C)Nc1cc(F)cc(C#N)c1. The van der Waals surface area contributed by atoms with E-state index in [2.05, 4.69) is 5.32 Å². The molecule has 0 amide bonds. The summed E-state index contributed by atoms with van der Waals surface area (Å²) in [4.78, 5) is 11.6. The van der Waals surface area contributed by atoms with Crippen LogP contribution in [0.4, 0.5) is 10.1 Å². The zero-order chi connectivity index (χ0) is 14.4. The first-order valence-electron chi connectivity index (χ1n) is 6.01. The van der Waals surface area contributed by atoms with E-state index in [1.54, 1.807) is 0 Å². The topological polar surface area (TPSA) is 62.1 Å². The molecule has 0 aromatic heterocycles. The van der Waals surface area contributed by atoms with Crippen LogP contribution in [0.15, 0.2) is 18.2 Å². The molecule has 0 saturated heterocycles. The summed E-state index contributed by atoms with van der Waals surface area (Å²) in [6.07, 6.45) is 0.561. The second-order valence-electron chi connectivity index (χ2n) is 4.69. The van der Waals surface area contributed by atoms with Gasteiger partial charge in [0.1, 0.15) is 11.9 Å². The molecule has 0 aliphatic heterocycles. The average molecular weight is 264 g/mol. The van der Waals surface area contributed by atoms with Crippen molar-refractivity contribution in [3.63, 3.8) is 0 Å². The highest BCUT2D eigenvalue weighted by atomic mass is 19.1. The maximum atomic E-state index is 13.3. The van der Waals surface area contributed by atoms with Gasteiger partial charge in [-0.1, -0.05) is 13.8 Å². The van der Waals surface area contributed by atoms with Gasteiger partial charge < -0.3 is 10.1 Å². The fourth-order valence-electron chi connectivity index (χ4n) is 1.77. The Kier molecular flexibility index (Phi) is 5.31. The summed E-state index contributed by atoms with van der Waals surface area (Å²) in [7, 11) is 1.31. The molecule has 1 atom stereocenters. The van der Waals surface area contributed by atoms with Gasteiger partial charge in [0.15, 0.2) is 0 Å². The average Bonchev–Trinajstić information content (AvgIpc) is 2.35. The molecule has 0 spiro atoms. The Balaban J connectivity index is 2.93. The molecule has 0 fully saturated rings. The Morgan fingerprint density at radius 1 is 1.47 bits per heavy atom. The first-order valence-corrected chi connectivity index (χ1v) is 6.01. The van der Waals surface area contributed by atoms with Crippen molar-refractivity contribution in [2.75, 3.05) is 12.4 Å². The van der Waals surface area contributed by atoms with Gasteiger partial charge in [0.25, 0.3) is 0 Å². The van der Waals surface area contributed by atoms with Gasteiger partial charge in [-0.05, 0) is 30.5 Å². The van der Waals surface area contributed by atoms with Crippen LogP contribution in [0.3, 0.4) is 0 Å². The minimum absolute atomic E-state index is 0.204. The van der Waals surface area contributed by atoms with Crippen LogP contribution in [0.5, 0.6) is 0 Å². The number of carbonyl (C=O) groups excluding carboxylic acids is 1. The molecule has 1 unspecified atom stereocenters. The minimum Gasteiger partial charge on any atom is -0.467 e. The van der Waals surface area contributed by atoms with Crippen LogP contribution in [0.1, 0.15) is 25.8 Å². The van der Waals surface area contributed by atoms with Crippen LogP contribution in [-0.2, 0) is 9.53 Å². The maximum Gasteiger partial charge on any atom is 0.328 e. The lowest BCUT2D eigenvalue weighted by atomic mass is 10.0. The highest BCUT2D eigenvalue weighted by Crippen LogP contribution is 2.17. The molecule has 0 bridgehead atoms. The lowest BCUT2D eigenvalue weighted by Gasteiger charge is -2.19. The summed E-state index contributed by atoms with van der Waals surface area (Å²) in [5, 5.41) is 11.7. The quantitative estimate of drug-likeness (QED) is 0.830. The van der Waals surface area contributed by atoms with Crippen molar-refractivity contribution in [1.29, 1.82) is 5.26 Å². The molecule has 4 nitrogen and oxygen atoms in total. The fourth-order valence-corrected chi connectivity index (χ4v) is 1.77. The van der Waals surface area contributed by atoms with Crippen molar-refractivity contribution in [2.24, 2.45) is 5.92 Å². The first-order chi connectivity index (χ1) is 8.96. The van der Waals surface area contributed by atoms with Gasteiger partial charge in [0.2, 0.25) is 0 Å². The van der Waals surface area contributed by atoms with Crippen LogP contribution in [0.2, 0.25) is 0 Å². The van der Waals surface area contributed by atoms with Crippen molar-refractivity contribution >= 4 is 11.7 Å². The number of carbonyl (C=O) groups is 1.